The number of alkyl carbamates (subject to hydrolysis) is 1. The second-order valence-corrected chi connectivity index (χ2v) is 7.05. The van der Waals surface area contributed by atoms with Gasteiger partial charge in [-0.3, -0.25) is 0 Å². The predicted octanol–water partition coefficient (Wildman–Crippen LogP) is 0.916. The second-order valence-electron chi connectivity index (χ2n) is 6.04. The van der Waals surface area contributed by atoms with Gasteiger partial charge >= 0.3 is 12.1 Å². The van der Waals surface area contributed by atoms with Crippen molar-refractivity contribution in [2.75, 3.05) is 18.0 Å². The molecule has 8 nitrogen and oxygen atoms in total. The third-order valence-electron chi connectivity index (χ3n) is 2.97. The summed E-state index contributed by atoms with van der Waals surface area (Å²) in [6.07, 6.45) is -0.0861. The number of carboxylic acid groups (broad SMARTS) is 1. The van der Waals surface area contributed by atoms with Gasteiger partial charge in [-0.15, -0.1) is 0 Å². The number of thiazole rings is 1. The minimum absolute atomic E-state index is 0.132. The summed E-state index contributed by atoms with van der Waals surface area (Å²) in [5.74, 6) is -1.04. The van der Waals surface area contributed by atoms with E-state index in [2.05, 4.69) is 10.3 Å². The van der Waals surface area contributed by atoms with Gasteiger partial charge in [0.1, 0.15) is 10.5 Å². The quantitative estimate of drug-likeness (QED) is 0.756. The summed E-state index contributed by atoms with van der Waals surface area (Å²) >= 11 is 1.03. The Balaban J connectivity index is 1.96. The standard InChI is InChI=1S/C13H19N3O5S/c1-13(2,3)21-12(20)15-7-5-16(6-8(7)17)11-14-4-9(22-11)10(18)19/h4,7-8,17H,5-6H2,1-3H3,(H,15,20)(H,18,19). The average Bonchev–Trinajstić information content (AvgIpc) is 2.94. The molecule has 22 heavy (non-hydrogen) atoms. The number of ether oxygens (including phenoxy) is 1. The van der Waals surface area contributed by atoms with E-state index < -0.39 is 29.8 Å². The number of rotatable bonds is 3. The molecule has 2 unspecified atom stereocenters. The molecule has 1 aromatic heterocycles. The van der Waals surface area contributed by atoms with Crippen LogP contribution in [0.4, 0.5) is 9.93 Å². The van der Waals surface area contributed by atoms with Crippen LogP contribution in [0.1, 0.15) is 30.4 Å². The van der Waals surface area contributed by atoms with Gasteiger partial charge in [-0.1, -0.05) is 11.3 Å². The van der Waals surface area contributed by atoms with Crippen LogP contribution in [-0.4, -0.2) is 58.1 Å². The Morgan fingerprint density at radius 1 is 1.45 bits per heavy atom. The highest BCUT2D eigenvalue weighted by Crippen LogP contribution is 2.26. The van der Waals surface area contributed by atoms with E-state index in [9.17, 15) is 14.7 Å². The molecule has 1 aliphatic rings. The van der Waals surface area contributed by atoms with Crippen molar-refractivity contribution >= 4 is 28.5 Å². The van der Waals surface area contributed by atoms with Crippen LogP contribution < -0.4 is 10.2 Å². The van der Waals surface area contributed by atoms with Crippen molar-refractivity contribution in [3.8, 4) is 0 Å². The monoisotopic (exact) mass is 329 g/mol. The number of hydrogen-bond acceptors (Lipinski definition) is 7. The lowest BCUT2D eigenvalue weighted by atomic mass is 10.2. The molecule has 1 fully saturated rings. The molecule has 1 amide bonds. The molecule has 2 atom stereocenters. The number of nitrogens with zero attached hydrogens (tertiary/aromatic N) is 2. The summed E-state index contributed by atoms with van der Waals surface area (Å²) in [6, 6.07) is -0.493. The molecule has 0 saturated carbocycles. The molecule has 3 N–H and O–H groups in total. The number of hydrogen-bond donors (Lipinski definition) is 3. The van der Waals surface area contributed by atoms with Crippen molar-refractivity contribution in [3.05, 3.63) is 11.1 Å². The highest BCUT2D eigenvalue weighted by atomic mass is 32.1. The van der Waals surface area contributed by atoms with Crippen LogP contribution in [-0.2, 0) is 4.74 Å². The molecule has 0 spiro atoms. The van der Waals surface area contributed by atoms with Gasteiger partial charge in [0, 0.05) is 13.1 Å². The van der Waals surface area contributed by atoms with E-state index in [1.54, 1.807) is 25.7 Å². The fraction of sp³-hybridized carbons (Fsp3) is 0.615. The van der Waals surface area contributed by atoms with Gasteiger partial charge in [-0.05, 0) is 20.8 Å². The zero-order chi connectivity index (χ0) is 16.5. The highest BCUT2D eigenvalue weighted by molar-refractivity contribution is 7.17. The van der Waals surface area contributed by atoms with Crippen LogP contribution in [0.15, 0.2) is 6.20 Å². The molecule has 0 radical (unpaired) electrons. The minimum Gasteiger partial charge on any atom is -0.477 e. The van der Waals surface area contributed by atoms with Gasteiger partial charge in [0.2, 0.25) is 0 Å². The smallest absolute Gasteiger partial charge is 0.408 e. The normalized spacial score (nSPS) is 21.7. The zero-order valence-electron chi connectivity index (χ0n) is 12.6. The number of anilines is 1. The first-order valence-corrected chi connectivity index (χ1v) is 7.59. The van der Waals surface area contributed by atoms with E-state index in [4.69, 9.17) is 9.84 Å². The van der Waals surface area contributed by atoms with E-state index in [1.165, 1.54) is 6.20 Å². The van der Waals surface area contributed by atoms with Crippen molar-refractivity contribution in [1.29, 1.82) is 0 Å². The molecule has 1 aliphatic heterocycles. The third-order valence-corrected chi connectivity index (χ3v) is 4.01. The average molecular weight is 329 g/mol. The van der Waals surface area contributed by atoms with E-state index in [-0.39, 0.29) is 11.4 Å². The topological polar surface area (TPSA) is 112 Å². The Morgan fingerprint density at radius 3 is 2.68 bits per heavy atom. The summed E-state index contributed by atoms with van der Waals surface area (Å²) < 4.78 is 5.15. The molecular formula is C13H19N3O5S. The van der Waals surface area contributed by atoms with Crippen molar-refractivity contribution in [2.45, 2.75) is 38.5 Å². The van der Waals surface area contributed by atoms with Gasteiger partial charge in [-0.2, -0.15) is 0 Å². The van der Waals surface area contributed by atoms with E-state index >= 15 is 0 Å². The molecule has 2 heterocycles. The fourth-order valence-electron chi connectivity index (χ4n) is 2.05. The SMILES string of the molecule is CC(C)(C)OC(=O)NC1CN(c2ncc(C(=O)O)s2)CC1O. The lowest BCUT2D eigenvalue weighted by Crippen LogP contribution is -2.45. The first-order chi connectivity index (χ1) is 10.2. The van der Waals surface area contributed by atoms with Gasteiger partial charge in [0.15, 0.2) is 5.13 Å². The Kier molecular flexibility index (Phi) is 4.57. The van der Waals surface area contributed by atoms with Crippen LogP contribution in [0.25, 0.3) is 0 Å². The molecule has 0 aromatic carbocycles. The molecule has 9 heteroatoms. The van der Waals surface area contributed by atoms with Crippen molar-refractivity contribution < 1.29 is 24.5 Å². The van der Waals surface area contributed by atoms with Crippen molar-refractivity contribution in [3.63, 3.8) is 0 Å². The van der Waals surface area contributed by atoms with Crippen LogP contribution in [0.2, 0.25) is 0 Å². The number of aliphatic hydroxyl groups is 1. The number of carboxylic acids is 1. The van der Waals surface area contributed by atoms with Crippen LogP contribution >= 0.6 is 11.3 Å². The fourth-order valence-corrected chi connectivity index (χ4v) is 2.83. The summed E-state index contributed by atoms with van der Waals surface area (Å²) in [5.41, 5.74) is -0.612. The summed E-state index contributed by atoms with van der Waals surface area (Å²) in [6.45, 7) is 5.88. The molecule has 0 aliphatic carbocycles. The molecule has 122 valence electrons. The molecular weight excluding hydrogens is 310 g/mol. The van der Waals surface area contributed by atoms with Crippen LogP contribution in [0, 0.1) is 0 Å². The minimum atomic E-state index is -1.04. The number of aromatic nitrogens is 1. The number of nitrogens with one attached hydrogen (secondary N) is 1. The maximum Gasteiger partial charge on any atom is 0.408 e. The Hall–Kier alpha value is -1.87. The molecule has 1 aromatic rings. The Morgan fingerprint density at radius 2 is 2.14 bits per heavy atom. The number of carbonyl (C=O) groups is 2. The van der Waals surface area contributed by atoms with E-state index in [1.807, 2.05) is 0 Å². The predicted molar refractivity (Wildman–Crippen MR) is 80.5 cm³/mol. The van der Waals surface area contributed by atoms with Crippen LogP contribution in [0.3, 0.4) is 0 Å². The zero-order valence-corrected chi connectivity index (χ0v) is 13.4. The maximum atomic E-state index is 11.7. The van der Waals surface area contributed by atoms with Gasteiger partial charge < -0.3 is 25.2 Å². The van der Waals surface area contributed by atoms with Gasteiger partial charge in [-0.25, -0.2) is 14.6 Å². The van der Waals surface area contributed by atoms with Gasteiger partial charge in [0.25, 0.3) is 0 Å². The Bertz CT molecular complexity index is 568. The summed E-state index contributed by atoms with van der Waals surface area (Å²) in [5, 5.41) is 22.1. The molecule has 2 rings (SSSR count). The largest absolute Gasteiger partial charge is 0.477 e. The maximum absolute atomic E-state index is 11.7. The van der Waals surface area contributed by atoms with Crippen molar-refractivity contribution in [1.82, 2.24) is 10.3 Å². The second kappa shape index (κ2) is 6.09. The van der Waals surface area contributed by atoms with Crippen LogP contribution in [0.5, 0.6) is 0 Å². The molecule has 1 saturated heterocycles. The summed E-state index contributed by atoms with van der Waals surface area (Å²) in [7, 11) is 0. The number of aromatic carboxylic acids is 1. The first kappa shape index (κ1) is 16.5. The van der Waals surface area contributed by atoms with E-state index in [0.717, 1.165) is 11.3 Å². The lowest BCUT2D eigenvalue weighted by molar-refractivity contribution is 0.0461. The number of carbonyl (C=O) groups excluding carboxylic acids is 1. The number of amides is 1. The van der Waals surface area contributed by atoms with Gasteiger partial charge in [0.05, 0.1) is 18.3 Å². The van der Waals surface area contributed by atoms with Crippen molar-refractivity contribution in [2.24, 2.45) is 0 Å². The number of aliphatic hydroxyl groups excluding tert-OH is 1. The number of β-amino-alcohol motifs (C(OH)–C–C–N with tert-alkyl or cyclic N) is 1. The third kappa shape index (κ3) is 4.08. The summed E-state index contributed by atoms with van der Waals surface area (Å²) in [4.78, 5) is 28.5. The lowest BCUT2D eigenvalue weighted by Gasteiger charge is -2.22. The molecule has 0 bridgehead atoms. The first-order valence-electron chi connectivity index (χ1n) is 6.77. The Labute approximate surface area is 131 Å². The van der Waals surface area contributed by atoms with E-state index in [0.29, 0.717) is 11.7 Å². The highest BCUT2D eigenvalue weighted by Gasteiger charge is 2.35.